The molecule has 2 aromatic rings. The Balaban J connectivity index is 1.67. The quantitative estimate of drug-likeness (QED) is 0.621. The van der Waals surface area contributed by atoms with Gasteiger partial charge in [0.2, 0.25) is 5.91 Å². The molecule has 1 aliphatic rings. The minimum atomic E-state index is -0.671. The van der Waals surface area contributed by atoms with Gasteiger partial charge in [-0.15, -0.1) is 0 Å². The van der Waals surface area contributed by atoms with Gasteiger partial charge in [-0.1, -0.05) is 36.4 Å². The second-order valence-electron chi connectivity index (χ2n) is 8.05. The molecular weight excluding hydrogens is 406 g/mol. The van der Waals surface area contributed by atoms with Crippen LogP contribution in [0.4, 0.5) is 0 Å². The van der Waals surface area contributed by atoms with E-state index >= 15 is 0 Å². The number of ether oxygens (including phenoxy) is 1. The first-order valence-electron chi connectivity index (χ1n) is 11.0. The number of piperidine rings is 1. The number of aryl methyl sites for hydroxylation is 1. The molecule has 170 valence electrons. The Bertz CT molecular complexity index is 924. The molecule has 2 N–H and O–H groups in total. The summed E-state index contributed by atoms with van der Waals surface area (Å²) in [6, 6.07) is 15.7. The van der Waals surface area contributed by atoms with Gasteiger partial charge in [0, 0.05) is 37.9 Å². The lowest BCUT2D eigenvalue weighted by atomic mass is 9.88. The van der Waals surface area contributed by atoms with Crippen LogP contribution in [0.5, 0.6) is 0 Å². The van der Waals surface area contributed by atoms with Crippen molar-refractivity contribution in [3.63, 3.8) is 0 Å². The monoisotopic (exact) mass is 437 g/mol. The Morgan fingerprint density at radius 3 is 2.34 bits per heavy atom. The van der Waals surface area contributed by atoms with E-state index < -0.39 is 6.04 Å². The summed E-state index contributed by atoms with van der Waals surface area (Å²) in [4.78, 5) is 40.4. The summed E-state index contributed by atoms with van der Waals surface area (Å²) < 4.78 is 5.01. The third-order valence-electron chi connectivity index (χ3n) is 5.88. The summed E-state index contributed by atoms with van der Waals surface area (Å²) in [5, 5.41) is 5.77. The van der Waals surface area contributed by atoms with E-state index in [2.05, 4.69) is 10.6 Å². The van der Waals surface area contributed by atoms with Crippen molar-refractivity contribution in [2.24, 2.45) is 5.92 Å². The average Bonchev–Trinajstić information content (AvgIpc) is 2.83. The Hall–Kier alpha value is -3.19. The number of carbonyl (C=O) groups excluding carboxylic acids is 3. The van der Waals surface area contributed by atoms with Crippen LogP contribution in [0.2, 0.25) is 0 Å². The van der Waals surface area contributed by atoms with Crippen molar-refractivity contribution in [2.75, 3.05) is 33.4 Å². The lowest BCUT2D eigenvalue weighted by molar-refractivity contribution is -0.124. The smallest absolute Gasteiger partial charge is 0.254 e. The summed E-state index contributed by atoms with van der Waals surface area (Å²) in [5.74, 6) is -0.562. The van der Waals surface area contributed by atoms with Crippen LogP contribution in [0.15, 0.2) is 54.6 Å². The first-order valence-corrected chi connectivity index (χ1v) is 11.0. The van der Waals surface area contributed by atoms with Gasteiger partial charge in [0.15, 0.2) is 0 Å². The normalized spacial score (nSPS) is 15.1. The van der Waals surface area contributed by atoms with Crippen LogP contribution in [-0.2, 0) is 9.53 Å². The number of nitrogens with one attached hydrogen (secondary N) is 2. The van der Waals surface area contributed by atoms with Crippen molar-refractivity contribution in [1.82, 2.24) is 15.5 Å². The molecule has 0 saturated carbocycles. The van der Waals surface area contributed by atoms with Gasteiger partial charge in [0.25, 0.3) is 11.8 Å². The topological polar surface area (TPSA) is 87.7 Å². The van der Waals surface area contributed by atoms with E-state index in [1.165, 1.54) is 0 Å². The third kappa shape index (κ3) is 5.95. The number of likely N-dealkylation sites (tertiary alicyclic amines) is 1. The highest BCUT2D eigenvalue weighted by molar-refractivity contribution is 5.98. The fourth-order valence-corrected chi connectivity index (χ4v) is 4.02. The van der Waals surface area contributed by atoms with E-state index in [1.54, 1.807) is 31.4 Å². The zero-order valence-corrected chi connectivity index (χ0v) is 18.7. The number of methoxy groups -OCH3 is 1. The fourth-order valence-electron chi connectivity index (χ4n) is 4.02. The van der Waals surface area contributed by atoms with Gasteiger partial charge < -0.3 is 20.3 Å². The zero-order valence-electron chi connectivity index (χ0n) is 18.7. The molecule has 0 spiro atoms. The second-order valence-corrected chi connectivity index (χ2v) is 8.05. The van der Waals surface area contributed by atoms with Gasteiger partial charge in [-0.05, 0) is 49.4 Å². The number of carbonyl (C=O) groups is 3. The third-order valence-corrected chi connectivity index (χ3v) is 5.88. The summed E-state index contributed by atoms with van der Waals surface area (Å²) in [5.41, 5.74) is 2.16. The van der Waals surface area contributed by atoms with Crippen LogP contribution < -0.4 is 10.6 Å². The minimum Gasteiger partial charge on any atom is -0.383 e. The predicted molar refractivity (Wildman–Crippen MR) is 122 cm³/mol. The number of hydrogen-bond acceptors (Lipinski definition) is 4. The van der Waals surface area contributed by atoms with Crippen LogP contribution in [-0.4, -0.2) is 62.0 Å². The van der Waals surface area contributed by atoms with Gasteiger partial charge in [-0.2, -0.15) is 0 Å². The van der Waals surface area contributed by atoms with Gasteiger partial charge in [0.1, 0.15) is 6.04 Å². The molecule has 3 rings (SSSR count). The molecule has 32 heavy (non-hydrogen) atoms. The van der Waals surface area contributed by atoms with Crippen molar-refractivity contribution in [2.45, 2.75) is 25.8 Å². The zero-order chi connectivity index (χ0) is 22.9. The van der Waals surface area contributed by atoms with E-state index in [0.29, 0.717) is 50.2 Å². The number of rotatable bonds is 8. The van der Waals surface area contributed by atoms with Gasteiger partial charge in [-0.25, -0.2) is 0 Å². The number of amides is 3. The van der Waals surface area contributed by atoms with Crippen LogP contribution in [0.1, 0.15) is 39.1 Å². The Morgan fingerprint density at radius 2 is 1.69 bits per heavy atom. The number of benzene rings is 2. The van der Waals surface area contributed by atoms with Crippen LogP contribution >= 0.6 is 0 Å². The number of hydrogen-bond donors (Lipinski definition) is 2. The molecule has 0 unspecified atom stereocenters. The molecule has 1 fully saturated rings. The molecule has 3 amide bonds. The molecule has 2 aromatic carbocycles. The van der Waals surface area contributed by atoms with Crippen LogP contribution in [0.25, 0.3) is 0 Å². The van der Waals surface area contributed by atoms with E-state index in [1.807, 2.05) is 42.2 Å². The SMILES string of the molecule is COCCNC(=O)[C@@H](NC(=O)c1ccccc1)C1CCN(C(=O)c2ccccc2C)CC1. The average molecular weight is 438 g/mol. The van der Waals surface area contributed by atoms with Crippen molar-refractivity contribution >= 4 is 17.7 Å². The molecule has 7 nitrogen and oxygen atoms in total. The van der Waals surface area contributed by atoms with Gasteiger partial charge >= 0.3 is 0 Å². The molecule has 1 saturated heterocycles. The molecule has 1 atom stereocenters. The second kappa shape index (κ2) is 11.4. The first kappa shape index (κ1) is 23.5. The Kier molecular flexibility index (Phi) is 8.39. The highest BCUT2D eigenvalue weighted by Crippen LogP contribution is 2.23. The van der Waals surface area contributed by atoms with E-state index in [4.69, 9.17) is 4.74 Å². The van der Waals surface area contributed by atoms with Crippen LogP contribution in [0.3, 0.4) is 0 Å². The van der Waals surface area contributed by atoms with E-state index in [9.17, 15) is 14.4 Å². The fraction of sp³-hybridized carbons (Fsp3) is 0.400. The van der Waals surface area contributed by atoms with Crippen molar-refractivity contribution in [3.05, 3.63) is 71.3 Å². The van der Waals surface area contributed by atoms with Crippen molar-refractivity contribution in [3.8, 4) is 0 Å². The van der Waals surface area contributed by atoms with E-state index in [-0.39, 0.29) is 23.6 Å². The molecule has 0 radical (unpaired) electrons. The number of nitrogens with zero attached hydrogens (tertiary/aromatic N) is 1. The summed E-state index contributed by atoms with van der Waals surface area (Å²) >= 11 is 0. The lowest BCUT2D eigenvalue weighted by Crippen LogP contribution is -2.54. The molecule has 7 heteroatoms. The summed E-state index contributed by atoms with van der Waals surface area (Å²) in [6.07, 6.45) is 1.27. The Morgan fingerprint density at radius 1 is 1.03 bits per heavy atom. The maximum Gasteiger partial charge on any atom is 0.254 e. The molecular formula is C25H31N3O4. The van der Waals surface area contributed by atoms with Gasteiger partial charge in [0.05, 0.1) is 6.61 Å². The molecule has 1 heterocycles. The maximum atomic E-state index is 12.9. The molecule has 0 aliphatic carbocycles. The van der Waals surface area contributed by atoms with Crippen molar-refractivity contribution < 1.29 is 19.1 Å². The first-order chi connectivity index (χ1) is 15.5. The van der Waals surface area contributed by atoms with Crippen molar-refractivity contribution in [1.29, 1.82) is 0 Å². The largest absolute Gasteiger partial charge is 0.383 e. The predicted octanol–water partition coefficient (Wildman–Crippen LogP) is 2.41. The van der Waals surface area contributed by atoms with E-state index in [0.717, 1.165) is 5.56 Å². The highest BCUT2D eigenvalue weighted by Gasteiger charge is 2.34. The molecule has 1 aliphatic heterocycles. The standard InChI is InChI=1S/C25H31N3O4/c1-18-8-6-7-11-21(18)25(31)28-15-12-19(13-16-28)22(24(30)26-14-17-32-2)27-23(29)20-9-4-3-5-10-20/h3-11,19,22H,12-17H2,1-2H3,(H,26,30)(H,27,29)/t22-/m0/s1. The summed E-state index contributed by atoms with van der Waals surface area (Å²) in [6.45, 7) is 3.79. The Labute approximate surface area is 189 Å². The lowest BCUT2D eigenvalue weighted by Gasteiger charge is -2.36. The molecule has 0 aromatic heterocycles. The van der Waals surface area contributed by atoms with Crippen LogP contribution in [0, 0.1) is 12.8 Å². The minimum absolute atomic E-state index is 0.0102. The summed E-state index contributed by atoms with van der Waals surface area (Å²) in [7, 11) is 1.57. The molecule has 0 bridgehead atoms. The maximum absolute atomic E-state index is 12.9. The van der Waals surface area contributed by atoms with Gasteiger partial charge in [-0.3, -0.25) is 14.4 Å². The highest BCUT2D eigenvalue weighted by atomic mass is 16.5.